The van der Waals surface area contributed by atoms with E-state index in [2.05, 4.69) is 34.3 Å². The molecular weight excluding hydrogens is 320 g/mol. The van der Waals surface area contributed by atoms with Crippen molar-refractivity contribution >= 4 is 23.6 Å². The van der Waals surface area contributed by atoms with E-state index < -0.39 is 0 Å². The van der Waals surface area contributed by atoms with E-state index in [1.54, 1.807) is 0 Å². The van der Waals surface area contributed by atoms with Crippen molar-refractivity contribution in [2.24, 2.45) is 0 Å². The van der Waals surface area contributed by atoms with Gasteiger partial charge in [0.15, 0.2) is 0 Å². The van der Waals surface area contributed by atoms with Crippen LogP contribution in [-0.4, -0.2) is 59.1 Å². The van der Waals surface area contributed by atoms with Crippen LogP contribution in [0, 0.1) is 6.92 Å². The second-order valence-electron chi connectivity index (χ2n) is 6.70. The molecule has 3 heterocycles. The Bertz CT molecular complexity index is 560. The minimum absolute atomic E-state index is 0.126. The number of anilines is 1. The van der Waals surface area contributed by atoms with Crippen LogP contribution in [0.15, 0.2) is 18.2 Å². The Hall–Kier alpha value is -1.43. The van der Waals surface area contributed by atoms with Crippen LogP contribution < -0.4 is 10.2 Å². The normalized spacial score (nSPS) is 22.5. The lowest BCUT2D eigenvalue weighted by Crippen LogP contribution is -2.52. The molecule has 3 rings (SSSR count). The predicted octanol–water partition coefficient (Wildman–Crippen LogP) is 2.90. The molecule has 0 unspecified atom stereocenters. The van der Waals surface area contributed by atoms with Crippen LogP contribution in [0.3, 0.4) is 0 Å². The molecular formula is C18H28N4OS. The third-order valence-corrected chi connectivity index (χ3v) is 6.27. The van der Waals surface area contributed by atoms with Crippen LogP contribution in [0.5, 0.6) is 0 Å². The zero-order chi connectivity index (χ0) is 16.9. The Balaban J connectivity index is 1.47. The molecule has 0 spiro atoms. The van der Waals surface area contributed by atoms with Gasteiger partial charge in [0.1, 0.15) is 5.82 Å². The molecule has 132 valence electrons. The Morgan fingerprint density at radius 2 is 2.12 bits per heavy atom. The molecule has 0 radical (unpaired) electrons. The second-order valence-corrected chi connectivity index (χ2v) is 8.10. The molecule has 2 aliphatic heterocycles. The lowest BCUT2D eigenvalue weighted by Gasteiger charge is -2.36. The number of urea groups is 1. The second kappa shape index (κ2) is 8.10. The first-order chi connectivity index (χ1) is 11.7. The molecule has 0 aromatic carbocycles. The highest BCUT2D eigenvalue weighted by molar-refractivity contribution is 8.00. The van der Waals surface area contributed by atoms with Crippen LogP contribution in [0.1, 0.15) is 31.9 Å². The van der Waals surface area contributed by atoms with Gasteiger partial charge in [0.25, 0.3) is 0 Å². The van der Waals surface area contributed by atoms with Gasteiger partial charge in [-0.1, -0.05) is 13.0 Å². The number of aryl methyl sites for hydroxylation is 1. The van der Waals surface area contributed by atoms with Crippen molar-refractivity contribution < 1.29 is 4.79 Å². The lowest BCUT2D eigenvalue weighted by atomic mass is 10.1. The van der Waals surface area contributed by atoms with Crippen LogP contribution in [-0.2, 0) is 0 Å². The number of pyridine rings is 1. The molecule has 1 aromatic heterocycles. The zero-order valence-electron chi connectivity index (χ0n) is 14.7. The van der Waals surface area contributed by atoms with Gasteiger partial charge >= 0.3 is 6.03 Å². The fourth-order valence-corrected chi connectivity index (χ4v) is 4.55. The van der Waals surface area contributed by atoms with Crippen molar-refractivity contribution in [2.45, 2.75) is 44.4 Å². The Morgan fingerprint density at radius 3 is 2.83 bits per heavy atom. The van der Waals surface area contributed by atoms with E-state index in [0.717, 1.165) is 62.7 Å². The molecule has 1 atom stereocenters. The number of rotatable bonds is 3. The van der Waals surface area contributed by atoms with Crippen molar-refractivity contribution in [3.05, 3.63) is 23.9 Å². The molecule has 0 bridgehead atoms. The molecule has 6 heteroatoms. The first-order valence-electron chi connectivity index (χ1n) is 9.01. The first kappa shape index (κ1) is 17.4. The monoisotopic (exact) mass is 348 g/mol. The fourth-order valence-electron chi connectivity index (χ4n) is 3.37. The van der Waals surface area contributed by atoms with Crippen LogP contribution in [0.2, 0.25) is 0 Å². The van der Waals surface area contributed by atoms with Crippen molar-refractivity contribution in [3.63, 3.8) is 0 Å². The van der Waals surface area contributed by atoms with Gasteiger partial charge in [-0.05, 0) is 38.3 Å². The van der Waals surface area contributed by atoms with Crippen molar-refractivity contribution in [1.29, 1.82) is 0 Å². The highest BCUT2D eigenvalue weighted by Gasteiger charge is 2.26. The number of amides is 2. The summed E-state index contributed by atoms with van der Waals surface area (Å²) in [6.07, 6.45) is 3.11. The largest absolute Gasteiger partial charge is 0.356 e. The molecule has 2 saturated heterocycles. The van der Waals surface area contributed by atoms with E-state index in [0.29, 0.717) is 5.25 Å². The Labute approximate surface area is 149 Å². The molecule has 2 aliphatic rings. The zero-order valence-corrected chi connectivity index (χ0v) is 15.5. The highest BCUT2D eigenvalue weighted by Crippen LogP contribution is 2.22. The summed E-state index contributed by atoms with van der Waals surface area (Å²) in [5, 5.41) is 3.84. The summed E-state index contributed by atoms with van der Waals surface area (Å²) < 4.78 is 0. The first-order valence-corrected chi connectivity index (χ1v) is 10.1. The van der Waals surface area contributed by atoms with Crippen LogP contribution >= 0.6 is 11.8 Å². The SMILES string of the molecule is CC[C@H]1CN(C(=O)NC2CCN(c3cccc(C)n3)CC2)CCS1. The average molecular weight is 349 g/mol. The molecule has 5 nitrogen and oxygen atoms in total. The Morgan fingerprint density at radius 1 is 1.33 bits per heavy atom. The van der Waals surface area contributed by atoms with Gasteiger partial charge in [0, 0.05) is 48.9 Å². The number of piperidine rings is 1. The summed E-state index contributed by atoms with van der Waals surface area (Å²) in [6.45, 7) is 7.90. The number of carbonyl (C=O) groups is 1. The summed E-state index contributed by atoms with van der Waals surface area (Å²) in [5.41, 5.74) is 1.05. The number of carbonyl (C=O) groups excluding carboxylic acids is 1. The number of hydrogen-bond donors (Lipinski definition) is 1. The van der Waals surface area contributed by atoms with Crippen LogP contribution in [0.4, 0.5) is 10.6 Å². The van der Waals surface area contributed by atoms with Gasteiger partial charge < -0.3 is 15.1 Å². The summed E-state index contributed by atoms with van der Waals surface area (Å²) in [4.78, 5) is 21.4. The van der Waals surface area contributed by atoms with Gasteiger partial charge in [-0.15, -0.1) is 0 Å². The van der Waals surface area contributed by atoms with Crippen molar-refractivity contribution in [1.82, 2.24) is 15.2 Å². The van der Waals surface area contributed by atoms with Gasteiger partial charge in [-0.25, -0.2) is 9.78 Å². The summed E-state index contributed by atoms with van der Waals surface area (Å²) in [7, 11) is 0. The van der Waals surface area contributed by atoms with E-state index in [1.165, 1.54) is 0 Å². The van der Waals surface area contributed by atoms with Gasteiger partial charge in [-0.2, -0.15) is 11.8 Å². The fraction of sp³-hybridized carbons (Fsp3) is 0.667. The third kappa shape index (κ3) is 4.35. The van der Waals surface area contributed by atoms with E-state index in [4.69, 9.17) is 0 Å². The van der Waals surface area contributed by atoms with E-state index in [9.17, 15) is 4.79 Å². The molecule has 24 heavy (non-hydrogen) atoms. The maximum atomic E-state index is 12.5. The maximum absolute atomic E-state index is 12.5. The highest BCUT2D eigenvalue weighted by atomic mass is 32.2. The molecule has 1 N–H and O–H groups in total. The number of hydrogen-bond acceptors (Lipinski definition) is 4. The molecule has 0 aliphatic carbocycles. The minimum atomic E-state index is 0.126. The maximum Gasteiger partial charge on any atom is 0.317 e. The van der Waals surface area contributed by atoms with Crippen molar-refractivity contribution in [3.8, 4) is 0 Å². The number of thioether (sulfide) groups is 1. The minimum Gasteiger partial charge on any atom is -0.356 e. The summed E-state index contributed by atoms with van der Waals surface area (Å²) in [6, 6.07) is 6.57. The van der Waals surface area contributed by atoms with Crippen molar-refractivity contribution in [2.75, 3.05) is 36.8 Å². The predicted molar refractivity (Wildman–Crippen MR) is 101 cm³/mol. The molecule has 2 amide bonds. The number of aromatic nitrogens is 1. The van der Waals surface area contributed by atoms with Gasteiger partial charge in [-0.3, -0.25) is 0 Å². The van der Waals surface area contributed by atoms with Gasteiger partial charge in [0.05, 0.1) is 0 Å². The standard InChI is InChI=1S/C18H28N4OS/c1-3-16-13-22(11-12-24-16)18(23)20-15-7-9-21(10-8-15)17-6-4-5-14(2)19-17/h4-6,15-16H,3,7-13H2,1-2H3,(H,20,23)/t16-/m0/s1. The van der Waals surface area contributed by atoms with Crippen LogP contribution in [0.25, 0.3) is 0 Å². The molecule has 1 aromatic rings. The molecule has 2 fully saturated rings. The number of nitrogens with zero attached hydrogens (tertiary/aromatic N) is 3. The van der Waals surface area contributed by atoms with E-state index >= 15 is 0 Å². The third-order valence-electron chi connectivity index (χ3n) is 4.90. The molecule has 0 saturated carbocycles. The quantitative estimate of drug-likeness (QED) is 0.912. The van der Waals surface area contributed by atoms with E-state index in [1.807, 2.05) is 29.7 Å². The number of nitrogens with one attached hydrogen (secondary N) is 1. The van der Waals surface area contributed by atoms with Gasteiger partial charge in [0.2, 0.25) is 0 Å². The lowest BCUT2D eigenvalue weighted by molar-refractivity contribution is 0.193. The van der Waals surface area contributed by atoms with E-state index in [-0.39, 0.29) is 12.1 Å². The smallest absolute Gasteiger partial charge is 0.317 e. The summed E-state index contributed by atoms with van der Waals surface area (Å²) in [5.74, 6) is 2.11. The summed E-state index contributed by atoms with van der Waals surface area (Å²) >= 11 is 1.99. The Kier molecular flexibility index (Phi) is 5.87. The average Bonchev–Trinajstić information content (AvgIpc) is 2.62. The topological polar surface area (TPSA) is 48.5 Å².